The van der Waals surface area contributed by atoms with Gasteiger partial charge >= 0.3 is 12.3 Å². The summed E-state index contributed by atoms with van der Waals surface area (Å²) in [6, 6.07) is 4.33. The molecule has 0 unspecified atom stereocenters. The molecule has 0 saturated heterocycles. The Bertz CT molecular complexity index is 1050. The maximum atomic E-state index is 14.8. The molecule has 0 aromatic heterocycles. The normalized spacial score (nSPS) is 25.4. The van der Waals surface area contributed by atoms with E-state index in [4.69, 9.17) is 0 Å². The number of hydrogen-bond acceptors (Lipinski definition) is 1. The monoisotopic (exact) mass is 528 g/mol. The Kier molecular flexibility index (Phi) is 8.24. The van der Waals surface area contributed by atoms with E-state index in [0.717, 1.165) is 30.9 Å². The van der Waals surface area contributed by atoms with E-state index < -0.39 is 40.8 Å². The fourth-order valence-corrected chi connectivity index (χ4v) is 5.46. The SMILES string of the molecule is CC1CCC(/C=C/C2CCC(c3cc(F)c(C(F)(F)Oc4ccc(C(F)(F)F)cc4)c(F)c3)CC2)CC1. The van der Waals surface area contributed by atoms with Crippen LogP contribution in [0, 0.1) is 29.4 Å². The van der Waals surface area contributed by atoms with E-state index in [1.54, 1.807) is 0 Å². The van der Waals surface area contributed by atoms with Crippen LogP contribution in [0.15, 0.2) is 48.6 Å². The maximum Gasteiger partial charge on any atom is 0.432 e. The van der Waals surface area contributed by atoms with E-state index in [0.29, 0.717) is 54.5 Å². The van der Waals surface area contributed by atoms with Gasteiger partial charge in [0.15, 0.2) is 0 Å². The molecule has 4 rings (SSSR count). The minimum Gasteiger partial charge on any atom is -0.429 e. The lowest BCUT2D eigenvalue weighted by Gasteiger charge is -2.29. The van der Waals surface area contributed by atoms with Gasteiger partial charge in [-0.3, -0.25) is 0 Å². The van der Waals surface area contributed by atoms with Crippen LogP contribution in [0.5, 0.6) is 5.75 Å². The van der Waals surface area contributed by atoms with Crippen molar-refractivity contribution >= 4 is 0 Å². The second-order valence-corrected chi connectivity index (χ2v) is 10.5. The Balaban J connectivity index is 1.39. The van der Waals surface area contributed by atoms with E-state index in [2.05, 4.69) is 23.8 Å². The van der Waals surface area contributed by atoms with Crippen molar-refractivity contribution in [1.82, 2.24) is 0 Å². The fraction of sp³-hybridized carbons (Fsp3) is 0.517. The van der Waals surface area contributed by atoms with Crippen LogP contribution in [0.1, 0.15) is 80.9 Å². The van der Waals surface area contributed by atoms with Gasteiger partial charge in [-0.25, -0.2) is 8.78 Å². The van der Waals surface area contributed by atoms with Crippen molar-refractivity contribution in [2.24, 2.45) is 17.8 Å². The van der Waals surface area contributed by atoms with Crippen LogP contribution in [-0.2, 0) is 12.3 Å². The number of hydrogen-bond donors (Lipinski definition) is 0. The number of allylic oxidation sites excluding steroid dienone is 2. The standard InChI is InChI=1S/C29H31F7O/c1-18-2-4-19(5-3-18)6-7-20-8-10-21(11-9-20)22-16-25(30)27(26(31)17-22)29(35,36)37-24-14-12-23(13-15-24)28(32,33)34/h6-7,12-21H,2-5,8-11H2,1H3/b7-6+. The van der Waals surface area contributed by atoms with Gasteiger partial charge in [-0.1, -0.05) is 31.9 Å². The Morgan fingerprint density at radius 3 is 1.70 bits per heavy atom. The first-order chi connectivity index (χ1) is 17.4. The topological polar surface area (TPSA) is 9.23 Å². The molecule has 2 aromatic carbocycles. The average Bonchev–Trinajstić information content (AvgIpc) is 2.83. The van der Waals surface area contributed by atoms with Crippen molar-refractivity contribution in [1.29, 1.82) is 0 Å². The molecular weight excluding hydrogens is 497 g/mol. The van der Waals surface area contributed by atoms with E-state index in [-0.39, 0.29) is 5.92 Å². The predicted molar refractivity (Wildman–Crippen MR) is 127 cm³/mol. The summed E-state index contributed by atoms with van der Waals surface area (Å²) in [5.74, 6) is -1.84. The smallest absolute Gasteiger partial charge is 0.429 e. The summed E-state index contributed by atoms with van der Waals surface area (Å²) in [5, 5.41) is 0. The molecule has 0 heterocycles. The molecule has 0 amide bonds. The zero-order chi connectivity index (χ0) is 26.8. The van der Waals surface area contributed by atoms with Crippen LogP contribution < -0.4 is 4.74 Å². The van der Waals surface area contributed by atoms with Gasteiger partial charge < -0.3 is 4.74 Å². The Hall–Kier alpha value is -2.51. The summed E-state index contributed by atoms with van der Waals surface area (Å²) in [6.45, 7) is 2.28. The second kappa shape index (κ2) is 11.1. The molecule has 2 aliphatic carbocycles. The van der Waals surface area contributed by atoms with Crippen molar-refractivity contribution < 1.29 is 35.5 Å². The third-order valence-electron chi connectivity index (χ3n) is 7.74. The van der Waals surface area contributed by atoms with Gasteiger partial charge in [0.25, 0.3) is 0 Å². The molecule has 0 bridgehead atoms. The number of ether oxygens (including phenoxy) is 1. The average molecular weight is 529 g/mol. The first-order valence-electron chi connectivity index (χ1n) is 12.8. The van der Waals surface area contributed by atoms with Gasteiger partial charge in [0.2, 0.25) is 0 Å². The highest BCUT2D eigenvalue weighted by molar-refractivity contribution is 5.33. The fourth-order valence-electron chi connectivity index (χ4n) is 5.46. The van der Waals surface area contributed by atoms with E-state index >= 15 is 0 Å². The molecule has 0 N–H and O–H groups in total. The van der Waals surface area contributed by atoms with Crippen LogP contribution in [-0.4, -0.2) is 0 Å². The molecule has 2 fully saturated rings. The van der Waals surface area contributed by atoms with Crippen LogP contribution in [0.2, 0.25) is 0 Å². The Morgan fingerprint density at radius 1 is 0.730 bits per heavy atom. The molecule has 0 atom stereocenters. The van der Waals surface area contributed by atoms with Crippen molar-refractivity contribution in [2.75, 3.05) is 0 Å². The van der Waals surface area contributed by atoms with E-state index in [1.807, 2.05) is 0 Å². The predicted octanol–water partition coefficient (Wildman–Crippen LogP) is 9.77. The summed E-state index contributed by atoms with van der Waals surface area (Å²) < 4.78 is 101. The van der Waals surface area contributed by atoms with Crippen molar-refractivity contribution in [3.63, 3.8) is 0 Å². The Labute approximate surface area is 212 Å². The van der Waals surface area contributed by atoms with E-state index in [1.165, 1.54) is 25.7 Å². The third-order valence-corrected chi connectivity index (χ3v) is 7.74. The molecule has 2 saturated carbocycles. The van der Waals surface area contributed by atoms with Crippen molar-refractivity contribution in [3.05, 3.63) is 76.9 Å². The lowest BCUT2D eigenvalue weighted by molar-refractivity contribution is -0.189. The van der Waals surface area contributed by atoms with Gasteiger partial charge in [-0.05, 0) is 104 Å². The highest BCUT2D eigenvalue weighted by atomic mass is 19.4. The summed E-state index contributed by atoms with van der Waals surface area (Å²) in [4.78, 5) is 0. The molecule has 0 spiro atoms. The largest absolute Gasteiger partial charge is 0.432 e. The first-order valence-corrected chi connectivity index (χ1v) is 12.8. The molecule has 202 valence electrons. The molecule has 0 aliphatic heterocycles. The number of benzene rings is 2. The van der Waals surface area contributed by atoms with Gasteiger partial charge in [0.1, 0.15) is 22.9 Å². The van der Waals surface area contributed by atoms with Gasteiger partial charge in [-0.2, -0.15) is 22.0 Å². The van der Waals surface area contributed by atoms with Gasteiger partial charge in [0.05, 0.1) is 5.56 Å². The summed E-state index contributed by atoms with van der Waals surface area (Å²) in [5.41, 5.74) is -2.29. The van der Waals surface area contributed by atoms with Crippen molar-refractivity contribution in [2.45, 2.75) is 76.5 Å². The molecule has 0 radical (unpaired) electrons. The number of halogens is 7. The lowest BCUT2D eigenvalue weighted by Crippen LogP contribution is -2.25. The second-order valence-electron chi connectivity index (χ2n) is 10.5. The Morgan fingerprint density at radius 2 is 1.22 bits per heavy atom. The van der Waals surface area contributed by atoms with Crippen LogP contribution in [0.4, 0.5) is 30.7 Å². The van der Waals surface area contributed by atoms with Crippen LogP contribution >= 0.6 is 0 Å². The lowest BCUT2D eigenvalue weighted by atomic mass is 9.77. The highest BCUT2D eigenvalue weighted by Crippen LogP contribution is 2.41. The molecule has 37 heavy (non-hydrogen) atoms. The zero-order valence-corrected chi connectivity index (χ0v) is 20.6. The third kappa shape index (κ3) is 6.88. The number of alkyl halides is 5. The van der Waals surface area contributed by atoms with Gasteiger partial charge in [-0.15, -0.1) is 0 Å². The van der Waals surface area contributed by atoms with Crippen LogP contribution in [0.25, 0.3) is 0 Å². The highest BCUT2D eigenvalue weighted by Gasteiger charge is 2.42. The molecule has 1 nitrogen and oxygen atoms in total. The first kappa shape index (κ1) is 27.5. The molecule has 2 aromatic rings. The summed E-state index contributed by atoms with van der Waals surface area (Å²) in [6.07, 6.45) is 3.60. The summed E-state index contributed by atoms with van der Waals surface area (Å²) in [7, 11) is 0. The van der Waals surface area contributed by atoms with E-state index in [9.17, 15) is 30.7 Å². The maximum absolute atomic E-state index is 14.8. The minimum atomic E-state index is -4.65. The van der Waals surface area contributed by atoms with Crippen LogP contribution in [0.3, 0.4) is 0 Å². The van der Waals surface area contributed by atoms with Gasteiger partial charge in [0, 0.05) is 0 Å². The quantitative estimate of drug-likeness (QED) is 0.268. The van der Waals surface area contributed by atoms with Crippen molar-refractivity contribution in [3.8, 4) is 5.75 Å². The molecule has 2 aliphatic rings. The zero-order valence-electron chi connectivity index (χ0n) is 20.6. The molecular formula is C29H31F7O. The summed E-state index contributed by atoms with van der Waals surface area (Å²) >= 11 is 0. The molecule has 8 heteroatoms. The number of rotatable bonds is 6. The minimum absolute atomic E-state index is 0.136.